The maximum absolute atomic E-state index is 13.4. The summed E-state index contributed by atoms with van der Waals surface area (Å²) in [4.78, 5) is 21.0. The number of rotatable bonds is 3. The largest absolute Gasteiger partial charge is 0.478 e. The lowest BCUT2D eigenvalue weighted by Crippen LogP contribution is -2.08. The van der Waals surface area contributed by atoms with Gasteiger partial charge in [-0.05, 0) is 37.9 Å². The van der Waals surface area contributed by atoms with Crippen molar-refractivity contribution in [3.63, 3.8) is 0 Å². The Morgan fingerprint density at radius 2 is 2.07 bits per heavy atom. The Morgan fingerprint density at radius 3 is 2.53 bits per heavy atom. The quantitative estimate of drug-likeness (QED) is 0.656. The van der Waals surface area contributed by atoms with Crippen molar-refractivity contribution in [2.24, 2.45) is 0 Å². The summed E-state index contributed by atoms with van der Waals surface area (Å²) in [6.07, 6.45) is 0.278. The molecule has 1 amide bonds. The van der Waals surface area contributed by atoms with Gasteiger partial charge in [-0.3, -0.25) is 4.79 Å². The Kier molecular flexibility index (Phi) is 3.81. The number of hydrogen-bond donors (Lipinski definition) is 2. The molecule has 0 fully saturated rings. The van der Waals surface area contributed by atoms with Gasteiger partial charge in [0.1, 0.15) is 5.56 Å². The molecule has 7 heteroatoms. The van der Waals surface area contributed by atoms with Gasteiger partial charge < -0.3 is 10.4 Å². The van der Waals surface area contributed by atoms with Crippen LogP contribution in [0.5, 0.6) is 0 Å². The number of halogens is 3. The first-order valence-corrected chi connectivity index (χ1v) is 5.18. The van der Waals surface area contributed by atoms with E-state index in [9.17, 15) is 14.0 Å². The number of carboxylic acid groups (broad SMARTS) is 1. The molecule has 0 heterocycles. The molecule has 1 aromatic carbocycles. The Bertz CT molecular complexity index is 436. The summed E-state index contributed by atoms with van der Waals surface area (Å²) in [5.74, 6) is -2.39. The van der Waals surface area contributed by atoms with Crippen LogP contribution in [0.4, 0.5) is 10.1 Å². The van der Waals surface area contributed by atoms with Crippen molar-refractivity contribution in [2.75, 3.05) is 5.32 Å². The molecule has 4 nitrogen and oxygen atoms in total. The SMILES string of the molecule is O=CNc1c(Br)cc(Br)c(F)c1C(=O)O. The van der Waals surface area contributed by atoms with Crippen LogP contribution < -0.4 is 5.32 Å². The molecule has 0 spiro atoms. The van der Waals surface area contributed by atoms with Crippen LogP contribution in [0.15, 0.2) is 15.0 Å². The average molecular weight is 341 g/mol. The van der Waals surface area contributed by atoms with Crippen LogP contribution in [-0.2, 0) is 4.79 Å². The smallest absolute Gasteiger partial charge is 0.340 e. The molecule has 0 bridgehead atoms. The van der Waals surface area contributed by atoms with E-state index >= 15 is 0 Å². The van der Waals surface area contributed by atoms with Gasteiger partial charge in [0.05, 0.1) is 10.2 Å². The first kappa shape index (κ1) is 12.1. The summed E-state index contributed by atoms with van der Waals surface area (Å²) in [7, 11) is 0. The lowest BCUT2D eigenvalue weighted by molar-refractivity contribution is -0.105. The molecule has 0 unspecified atom stereocenters. The zero-order valence-electron chi connectivity index (χ0n) is 7.05. The van der Waals surface area contributed by atoms with Gasteiger partial charge in [-0.25, -0.2) is 9.18 Å². The van der Waals surface area contributed by atoms with E-state index in [0.717, 1.165) is 0 Å². The number of nitrogens with one attached hydrogen (secondary N) is 1. The molecule has 0 saturated heterocycles. The van der Waals surface area contributed by atoms with Gasteiger partial charge in [-0.2, -0.15) is 0 Å². The minimum Gasteiger partial charge on any atom is -0.478 e. The molecule has 0 aliphatic heterocycles. The third-order valence-electron chi connectivity index (χ3n) is 1.59. The summed E-state index contributed by atoms with van der Waals surface area (Å²) < 4.78 is 13.7. The minimum absolute atomic E-state index is 0.00299. The van der Waals surface area contributed by atoms with E-state index < -0.39 is 17.3 Å². The molecule has 1 rings (SSSR count). The zero-order chi connectivity index (χ0) is 11.6. The highest BCUT2D eigenvalue weighted by Crippen LogP contribution is 2.33. The summed E-state index contributed by atoms with van der Waals surface area (Å²) in [5.41, 5.74) is -0.707. The first-order valence-electron chi connectivity index (χ1n) is 3.60. The highest BCUT2D eigenvalue weighted by molar-refractivity contribution is 9.11. The molecule has 0 radical (unpaired) electrons. The van der Waals surface area contributed by atoms with Gasteiger partial charge in [0.2, 0.25) is 6.41 Å². The Hall–Kier alpha value is -0.950. The fourth-order valence-electron chi connectivity index (χ4n) is 0.996. The predicted octanol–water partition coefficient (Wildman–Crippen LogP) is 2.62. The second-order valence-corrected chi connectivity index (χ2v) is 4.18. The number of benzene rings is 1. The highest BCUT2D eigenvalue weighted by atomic mass is 79.9. The van der Waals surface area contributed by atoms with Crippen molar-refractivity contribution >= 4 is 49.9 Å². The van der Waals surface area contributed by atoms with Gasteiger partial charge in [-0.1, -0.05) is 0 Å². The van der Waals surface area contributed by atoms with Crippen LogP contribution in [0.3, 0.4) is 0 Å². The van der Waals surface area contributed by atoms with Crippen molar-refractivity contribution in [3.8, 4) is 0 Å². The number of hydrogen-bond acceptors (Lipinski definition) is 2. The second kappa shape index (κ2) is 4.71. The molecule has 2 N–H and O–H groups in total. The van der Waals surface area contributed by atoms with Gasteiger partial charge in [0.25, 0.3) is 0 Å². The topological polar surface area (TPSA) is 66.4 Å². The van der Waals surface area contributed by atoms with Crippen LogP contribution in [0.2, 0.25) is 0 Å². The Morgan fingerprint density at radius 1 is 1.47 bits per heavy atom. The fraction of sp³-hybridized carbons (Fsp3) is 0. The number of anilines is 1. The molecule has 1 aromatic rings. The predicted molar refractivity (Wildman–Crippen MR) is 58.4 cm³/mol. The molecule has 15 heavy (non-hydrogen) atoms. The van der Waals surface area contributed by atoms with E-state index in [4.69, 9.17) is 5.11 Å². The maximum atomic E-state index is 13.4. The zero-order valence-corrected chi connectivity index (χ0v) is 10.2. The van der Waals surface area contributed by atoms with E-state index in [1.54, 1.807) is 0 Å². The number of amides is 1. The van der Waals surface area contributed by atoms with E-state index in [1.807, 2.05) is 0 Å². The van der Waals surface area contributed by atoms with Crippen LogP contribution in [0.1, 0.15) is 10.4 Å². The Balaban J connectivity index is 3.53. The fourth-order valence-corrected chi connectivity index (χ4v) is 2.27. The monoisotopic (exact) mass is 339 g/mol. The lowest BCUT2D eigenvalue weighted by Gasteiger charge is -2.09. The summed E-state index contributed by atoms with van der Waals surface area (Å²) >= 11 is 5.89. The lowest BCUT2D eigenvalue weighted by atomic mass is 10.1. The number of carbonyl (C=O) groups excluding carboxylic acids is 1. The summed E-state index contributed by atoms with van der Waals surface area (Å²) in [5, 5.41) is 10.9. The average Bonchev–Trinajstić information content (AvgIpc) is 2.14. The third kappa shape index (κ3) is 2.35. The summed E-state index contributed by atoms with van der Waals surface area (Å²) in [6.45, 7) is 0. The molecule has 0 saturated carbocycles. The van der Waals surface area contributed by atoms with Crippen molar-refractivity contribution < 1.29 is 19.1 Å². The minimum atomic E-state index is -1.46. The third-order valence-corrected chi connectivity index (χ3v) is 2.79. The molecule has 0 aromatic heterocycles. The van der Waals surface area contributed by atoms with Crippen LogP contribution in [0, 0.1) is 5.82 Å². The maximum Gasteiger partial charge on any atom is 0.340 e. The van der Waals surface area contributed by atoms with Crippen LogP contribution in [0.25, 0.3) is 0 Å². The summed E-state index contributed by atoms with van der Waals surface area (Å²) in [6, 6.07) is 1.31. The van der Waals surface area contributed by atoms with Gasteiger partial charge in [0.15, 0.2) is 5.82 Å². The molecule has 0 aliphatic rings. The van der Waals surface area contributed by atoms with Crippen LogP contribution >= 0.6 is 31.9 Å². The standard InChI is InChI=1S/C8H4Br2FNO3/c9-3-1-4(10)7(12-2-13)5(6(3)11)8(14)15/h1-2H,(H,12,13)(H,14,15). The Labute approximate surface area is 101 Å². The molecule has 0 aliphatic carbocycles. The normalized spacial score (nSPS) is 9.80. The first-order chi connectivity index (χ1) is 6.99. The van der Waals surface area contributed by atoms with E-state index in [0.29, 0.717) is 0 Å². The molecular formula is C8H4Br2FNO3. The van der Waals surface area contributed by atoms with Gasteiger partial charge >= 0.3 is 5.97 Å². The highest BCUT2D eigenvalue weighted by Gasteiger charge is 2.21. The van der Waals surface area contributed by atoms with E-state index in [2.05, 4.69) is 37.2 Å². The number of carbonyl (C=O) groups is 2. The van der Waals surface area contributed by atoms with Crippen LogP contribution in [-0.4, -0.2) is 17.5 Å². The van der Waals surface area contributed by atoms with E-state index in [-0.39, 0.29) is 21.0 Å². The number of aromatic carboxylic acids is 1. The van der Waals surface area contributed by atoms with Crippen molar-refractivity contribution in [1.82, 2.24) is 0 Å². The number of carboxylic acids is 1. The molecule has 80 valence electrons. The van der Waals surface area contributed by atoms with Crippen molar-refractivity contribution in [1.29, 1.82) is 0 Å². The van der Waals surface area contributed by atoms with Gasteiger partial charge in [0, 0.05) is 4.47 Å². The molecular weight excluding hydrogens is 337 g/mol. The van der Waals surface area contributed by atoms with Crippen molar-refractivity contribution in [2.45, 2.75) is 0 Å². The van der Waals surface area contributed by atoms with Gasteiger partial charge in [-0.15, -0.1) is 0 Å². The van der Waals surface area contributed by atoms with Crippen molar-refractivity contribution in [3.05, 3.63) is 26.4 Å². The second-order valence-electron chi connectivity index (χ2n) is 2.47. The molecule has 0 atom stereocenters. The van der Waals surface area contributed by atoms with E-state index in [1.165, 1.54) is 6.07 Å².